The third-order valence-corrected chi connectivity index (χ3v) is 3.44. The number of rotatable bonds is 4. The molecule has 98 valence electrons. The number of aliphatic hydroxyl groups is 1. The number of nitrogens with one attached hydrogen (secondary N) is 1. The lowest BCUT2D eigenvalue weighted by molar-refractivity contribution is -0.124. The first-order valence-electron chi connectivity index (χ1n) is 6.45. The Morgan fingerprint density at radius 1 is 1.56 bits per heavy atom. The van der Waals surface area contributed by atoms with Gasteiger partial charge in [0, 0.05) is 6.42 Å². The van der Waals surface area contributed by atoms with Gasteiger partial charge in [0.2, 0.25) is 5.91 Å². The summed E-state index contributed by atoms with van der Waals surface area (Å²) in [5.41, 5.74) is 7.88. The monoisotopic (exact) mass is 248 g/mol. The fraction of sp³-hybridized carbons (Fsp3) is 0.500. The Morgan fingerprint density at radius 2 is 2.28 bits per heavy atom. The highest BCUT2D eigenvalue weighted by Gasteiger charge is 2.32. The van der Waals surface area contributed by atoms with Gasteiger partial charge in [0.15, 0.2) is 0 Å². The second-order valence-electron chi connectivity index (χ2n) is 4.85. The number of carbonyl (C=O) groups excluding carboxylic acids is 1. The van der Waals surface area contributed by atoms with Crippen molar-refractivity contribution in [1.29, 1.82) is 0 Å². The topological polar surface area (TPSA) is 75.4 Å². The molecule has 0 aromatic heterocycles. The summed E-state index contributed by atoms with van der Waals surface area (Å²) in [7, 11) is 0. The molecule has 4 N–H and O–H groups in total. The van der Waals surface area contributed by atoms with Gasteiger partial charge in [0.25, 0.3) is 0 Å². The van der Waals surface area contributed by atoms with E-state index in [1.165, 1.54) is 0 Å². The van der Waals surface area contributed by atoms with E-state index < -0.39 is 12.1 Å². The largest absolute Gasteiger partial charge is 0.390 e. The van der Waals surface area contributed by atoms with Crippen LogP contribution in [0.25, 0.3) is 0 Å². The SMILES string of the molecule is CCC[C@H](N)C(=O)N[C@@H]1c2ccccc2C[C@@H]1O. The summed E-state index contributed by atoms with van der Waals surface area (Å²) in [5, 5.41) is 12.9. The number of amides is 1. The molecule has 1 aromatic carbocycles. The second-order valence-corrected chi connectivity index (χ2v) is 4.85. The van der Waals surface area contributed by atoms with Crippen LogP contribution in [-0.2, 0) is 11.2 Å². The molecular weight excluding hydrogens is 228 g/mol. The van der Waals surface area contributed by atoms with Crippen molar-refractivity contribution in [2.45, 2.75) is 44.4 Å². The maximum absolute atomic E-state index is 11.9. The van der Waals surface area contributed by atoms with Gasteiger partial charge in [0.05, 0.1) is 18.2 Å². The van der Waals surface area contributed by atoms with E-state index in [1.807, 2.05) is 31.2 Å². The number of fused-ring (bicyclic) bond motifs is 1. The molecule has 0 unspecified atom stereocenters. The highest BCUT2D eigenvalue weighted by Crippen LogP contribution is 2.31. The Balaban J connectivity index is 2.08. The summed E-state index contributed by atoms with van der Waals surface area (Å²) in [6, 6.07) is 6.98. The first kappa shape index (κ1) is 13.1. The summed E-state index contributed by atoms with van der Waals surface area (Å²) in [6.07, 6.45) is 1.57. The maximum atomic E-state index is 11.9. The van der Waals surface area contributed by atoms with Crippen molar-refractivity contribution in [2.75, 3.05) is 0 Å². The van der Waals surface area contributed by atoms with Crippen LogP contribution in [0, 0.1) is 0 Å². The molecule has 0 bridgehead atoms. The van der Waals surface area contributed by atoms with Gasteiger partial charge in [-0.15, -0.1) is 0 Å². The van der Waals surface area contributed by atoms with Gasteiger partial charge in [-0.25, -0.2) is 0 Å². The fourth-order valence-electron chi connectivity index (χ4n) is 2.45. The molecule has 0 heterocycles. The molecule has 0 saturated carbocycles. The molecule has 4 nitrogen and oxygen atoms in total. The van der Waals surface area contributed by atoms with Crippen LogP contribution in [0.2, 0.25) is 0 Å². The highest BCUT2D eigenvalue weighted by molar-refractivity contribution is 5.82. The molecule has 0 spiro atoms. The van der Waals surface area contributed by atoms with E-state index in [4.69, 9.17) is 5.73 Å². The molecule has 3 atom stereocenters. The first-order valence-corrected chi connectivity index (χ1v) is 6.45. The quantitative estimate of drug-likeness (QED) is 0.740. The predicted octanol–water partition coefficient (Wildman–Crippen LogP) is 0.888. The van der Waals surface area contributed by atoms with Gasteiger partial charge in [-0.2, -0.15) is 0 Å². The lowest BCUT2D eigenvalue weighted by Gasteiger charge is -2.20. The van der Waals surface area contributed by atoms with Crippen LogP contribution < -0.4 is 11.1 Å². The molecule has 0 saturated heterocycles. The van der Waals surface area contributed by atoms with Crippen molar-refractivity contribution in [1.82, 2.24) is 5.32 Å². The summed E-state index contributed by atoms with van der Waals surface area (Å²) < 4.78 is 0. The molecule has 1 aliphatic rings. The molecule has 2 rings (SSSR count). The number of carbonyl (C=O) groups is 1. The van der Waals surface area contributed by atoms with Crippen molar-refractivity contribution in [3.8, 4) is 0 Å². The Labute approximate surface area is 107 Å². The van der Waals surface area contributed by atoms with Gasteiger partial charge < -0.3 is 16.2 Å². The molecular formula is C14H20N2O2. The van der Waals surface area contributed by atoms with E-state index in [9.17, 15) is 9.90 Å². The zero-order chi connectivity index (χ0) is 13.1. The van der Waals surface area contributed by atoms with Crippen LogP contribution in [0.15, 0.2) is 24.3 Å². The Morgan fingerprint density at radius 3 is 3.00 bits per heavy atom. The van der Waals surface area contributed by atoms with E-state index in [0.29, 0.717) is 12.8 Å². The minimum atomic E-state index is -0.555. The average molecular weight is 248 g/mol. The summed E-state index contributed by atoms with van der Waals surface area (Å²) in [4.78, 5) is 11.9. The third kappa shape index (κ3) is 2.54. The van der Waals surface area contributed by atoms with E-state index in [1.54, 1.807) is 0 Å². The molecule has 0 radical (unpaired) electrons. The predicted molar refractivity (Wildman–Crippen MR) is 69.9 cm³/mol. The third-order valence-electron chi connectivity index (χ3n) is 3.44. The standard InChI is InChI=1S/C14H20N2O2/c1-2-5-11(15)14(18)16-13-10-7-4-3-6-9(10)8-12(13)17/h3-4,6-7,11-13,17H,2,5,8,15H2,1H3,(H,16,18)/t11-,12-,13+/m0/s1. The van der Waals surface area contributed by atoms with Crippen molar-refractivity contribution in [3.05, 3.63) is 35.4 Å². The minimum absolute atomic E-state index is 0.183. The van der Waals surface area contributed by atoms with Gasteiger partial charge in [0.1, 0.15) is 0 Å². The first-order chi connectivity index (χ1) is 8.63. The normalized spacial score (nSPS) is 23.5. The summed E-state index contributed by atoms with van der Waals surface area (Å²) in [6.45, 7) is 1.99. The lowest BCUT2D eigenvalue weighted by atomic mass is 10.1. The van der Waals surface area contributed by atoms with E-state index in [-0.39, 0.29) is 11.9 Å². The molecule has 4 heteroatoms. The molecule has 1 aliphatic carbocycles. The number of hydrogen-bond donors (Lipinski definition) is 3. The van der Waals surface area contributed by atoms with Crippen LogP contribution in [0.3, 0.4) is 0 Å². The van der Waals surface area contributed by atoms with Crippen molar-refractivity contribution >= 4 is 5.91 Å². The Kier molecular flexibility index (Phi) is 3.99. The summed E-state index contributed by atoms with van der Waals surface area (Å²) in [5.74, 6) is -0.183. The number of nitrogens with two attached hydrogens (primary N) is 1. The Hall–Kier alpha value is -1.39. The lowest BCUT2D eigenvalue weighted by Crippen LogP contribution is -2.44. The van der Waals surface area contributed by atoms with Crippen molar-refractivity contribution in [2.24, 2.45) is 5.73 Å². The van der Waals surface area contributed by atoms with E-state index in [0.717, 1.165) is 17.5 Å². The summed E-state index contributed by atoms with van der Waals surface area (Å²) >= 11 is 0. The van der Waals surface area contributed by atoms with Crippen molar-refractivity contribution < 1.29 is 9.90 Å². The number of benzene rings is 1. The van der Waals surface area contributed by atoms with E-state index in [2.05, 4.69) is 5.32 Å². The van der Waals surface area contributed by atoms with Crippen LogP contribution in [0.5, 0.6) is 0 Å². The van der Waals surface area contributed by atoms with Crippen molar-refractivity contribution in [3.63, 3.8) is 0 Å². The van der Waals surface area contributed by atoms with Crippen LogP contribution in [-0.4, -0.2) is 23.2 Å². The number of aliphatic hydroxyl groups excluding tert-OH is 1. The van der Waals surface area contributed by atoms with E-state index >= 15 is 0 Å². The molecule has 0 fully saturated rings. The van der Waals surface area contributed by atoms with Crippen LogP contribution in [0.1, 0.15) is 36.9 Å². The highest BCUT2D eigenvalue weighted by atomic mass is 16.3. The maximum Gasteiger partial charge on any atom is 0.237 e. The van der Waals surface area contributed by atoms with Crippen LogP contribution >= 0.6 is 0 Å². The fourth-order valence-corrected chi connectivity index (χ4v) is 2.45. The number of hydrogen-bond acceptors (Lipinski definition) is 3. The average Bonchev–Trinajstić information content (AvgIpc) is 2.66. The minimum Gasteiger partial charge on any atom is -0.390 e. The molecule has 18 heavy (non-hydrogen) atoms. The zero-order valence-corrected chi connectivity index (χ0v) is 10.6. The molecule has 1 amide bonds. The van der Waals surface area contributed by atoms with Gasteiger partial charge in [-0.1, -0.05) is 37.6 Å². The molecule has 0 aliphatic heterocycles. The molecule has 1 aromatic rings. The Bertz CT molecular complexity index is 434. The van der Waals surface area contributed by atoms with Gasteiger partial charge in [-0.3, -0.25) is 4.79 Å². The van der Waals surface area contributed by atoms with Gasteiger partial charge in [-0.05, 0) is 17.5 Å². The smallest absolute Gasteiger partial charge is 0.237 e. The second kappa shape index (κ2) is 5.50. The zero-order valence-electron chi connectivity index (χ0n) is 10.6. The van der Waals surface area contributed by atoms with Crippen LogP contribution in [0.4, 0.5) is 0 Å². The van der Waals surface area contributed by atoms with Gasteiger partial charge >= 0.3 is 0 Å².